The molecule has 2 aromatic rings. The van der Waals surface area contributed by atoms with Crippen LogP contribution in [0.4, 0.5) is 10.1 Å². The highest BCUT2D eigenvalue weighted by Gasteiger charge is 2.18. The number of pyridine rings is 1. The third kappa shape index (κ3) is 2.65. The Hall–Kier alpha value is -1.95. The Balaban J connectivity index is 2.37. The summed E-state index contributed by atoms with van der Waals surface area (Å²) in [5, 5.41) is 0. The molecule has 0 saturated heterocycles. The van der Waals surface area contributed by atoms with Gasteiger partial charge in [-0.2, -0.15) is 0 Å². The maximum Gasteiger partial charge on any atom is 0.184 e. The Kier molecular flexibility index (Phi) is 3.29. The molecule has 18 heavy (non-hydrogen) atoms. The zero-order valence-electron chi connectivity index (χ0n) is 9.38. The number of aromatic nitrogens is 1. The second-order valence-electron chi connectivity index (χ2n) is 3.80. The topological polar surface area (TPSA) is 73.1 Å². The van der Waals surface area contributed by atoms with Gasteiger partial charge in [0.15, 0.2) is 9.84 Å². The van der Waals surface area contributed by atoms with Gasteiger partial charge in [0.1, 0.15) is 5.82 Å². The second-order valence-corrected chi connectivity index (χ2v) is 5.75. The summed E-state index contributed by atoms with van der Waals surface area (Å²) < 4.78 is 37.1. The molecule has 2 N–H and O–H groups in total. The van der Waals surface area contributed by atoms with E-state index in [1.807, 2.05) is 0 Å². The number of sulfone groups is 1. The minimum absolute atomic E-state index is 0.0549. The number of benzene rings is 1. The van der Waals surface area contributed by atoms with Crippen LogP contribution in [0.3, 0.4) is 0 Å². The number of nitrogen functional groups attached to an aromatic ring is 1. The van der Waals surface area contributed by atoms with E-state index in [2.05, 4.69) is 4.98 Å². The first-order chi connectivity index (χ1) is 8.49. The van der Waals surface area contributed by atoms with Crippen molar-refractivity contribution in [2.75, 3.05) is 5.73 Å². The van der Waals surface area contributed by atoms with Gasteiger partial charge < -0.3 is 5.73 Å². The van der Waals surface area contributed by atoms with E-state index in [1.165, 1.54) is 18.5 Å². The smallest absolute Gasteiger partial charge is 0.184 e. The predicted molar refractivity (Wildman–Crippen MR) is 65.9 cm³/mol. The molecule has 1 aromatic heterocycles. The first kappa shape index (κ1) is 12.5. The highest BCUT2D eigenvalue weighted by Crippen LogP contribution is 2.23. The first-order valence-corrected chi connectivity index (χ1v) is 6.81. The lowest BCUT2D eigenvalue weighted by atomic mass is 10.3. The van der Waals surface area contributed by atoms with Crippen LogP contribution in [0.25, 0.3) is 0 Å². The molecule has 1 aromatic carbocycles. The largest absolute Gasteiger partial charge is 0.398 e. The molecular weight excluding hydrogens is 255 g/mol. The van der Waals surface area contributed by atoms with Crippen LogP contribution in [0.1, 0.15) is 5.56 Å². The SMILES string of the molecule is Nc1cc(F)ccc1S(=O)(=O)Cc1ccncc1. The molecule has 0 unspecified atom stereocenters. The maximum atomic E-state index is 12.9. The standard InChI is InChI=1S/C12H11FN2O2S/c13-10-1-2-12(11(14)7-10)18(16,17)8-9-3-5-15-6-4-9/h1-7H,8,14H2. The molecule has 0 saturated carbocycles. The second kappa shape index (κ2) is 4.73. The normalized spacial score (nSPS) is 11.4. The third-order valence-electron chi connectivity index (χ3n) is 2.41. The molecule has 0 spiro atoms. The molecule has 0 fully saturated rings. The number of anilines is 1. The number of rotatable bonds is 3. The molecule has 2 rings (SSSR count). The van der Waals surface area contributed by atoms with E-state index in [4.69, 9.17) is 5.73 Å². The summed E-state index contributed by atoms with van der Waals surface area (Å²) in [5.41, 5.74) is 6.06. The molecule has 0 atom stereocenters. The van der Waals surface area contributed by atoms with Crippen molar-refractivity contribution >= 4 is 15.5 Å². The molecular formula is C12H11FN2O2S. The van der Waals surface area contributed by atoms with Gasteiger partial charge in [0.25, 0.3) is 0 Å². The Bertz CT molecular complexity index is 657. The van der Waals surface area contributed by atoms with Crippen LogP contribution in [0.15, 0.2) is 47.6 Å². The Morgan fingerprint density at radius 1 is 1.17 bits per heavy atom. The summed E-state index contributed by atoms with van der Waals surface area (Å²) in [6.07, 6.45) is 3.03. The highest BCUT2D eigenvalue weighted by molar-refractivity contribution is 7.90. The van der Waals surface area contributed by atoms with E-state index in [9.17, 15) is 12.8 Å². The average molecular weight is 266 g/mol. The number of halogens is 1. The van der Waals surface area contributed by atoms with Crippen LogP contribution < -0.4 is 5.73 Å². The summed E-state index contributed by atoms with van der Waals surface area (Å²) in [5.74, 6) is -0.749. The van der Waals surface area contributed by atoms with Crippen molar-refractivity contribution in [1.82, 2.24) is 4.98 Å². The Morgan fingerprint density at radius 2 is 1.83 bits per heavy atom. The van der Waals surface area contributed by atoms with Crippen LogP contribution in [0.5, 0.6) is 0 Å². The summed E-state index contributed by atoms with van der Waals surface area (Å²) in [6.45, 7) is 0. The quantitative estimate of drug-likeness (QED) is 0.679. The van der Waals surface area contributed by atoms with Crippen molar-refractivity contribution in [3.63, 3.8) is 0 Å². The van der Waals surface area contributed by atoms with Crippen LogP contribution in [-0.2, 0) is 15.6 Å². The lowest BCUT2D eigenvalue weighted by Gasteiger charge is -2.07. The fourth-order valence-corrected chi connectivity index (χ4v) is 3.06. The van der Waals surface area contributed by atoms with Gasteiger partial charge in [0.05, 0.1) is 16.3 Å². The van der Waals surface area contributed by atoms with Crippen molar-refractivity contribution in [3.05, 3.63) is 54.1 Å². The van der Waals surface area contributed by atoms with Crippen molar-refractivity contribution in [2.24, 2.45) is 0 Å². The van der Waals surface area contributed by atoms with E-state index in [-0.39, 0.29) is 16.3 Å². The summed E-state index contributed by atoms with van der Waals surface area (Å²) in [6, 6.07) is 6.48. The van der Waals surface area contributed by atoms with E-state index < -0.39 is 15.7 Å². The Labute approximate surface area is 104 Å². The molecule has 1 heterocycles. The summed E-state index contributed by atoms with van der Waals surface area (Å²) in [7, 11) is -3.58. The minimum Gasteiger partial charge on any atom is -0.398 e. The Morgan fingerprint density at radius 3 is 2.44 bits per heavy atom. The van der Waals surface area contributed by atoms with Crippen LogP contribution in [0, 0.1) is 5.82 Å². The molecule has 6 heteroatoms. The minimum atomic E-state index is -3.58. The van der Waals surface area contributed by atoms with Crippen LogP contribution in [-0.4, -0.2) is 13.4 Å². The van der Waals surface area contributed by atoms with Gasteiger partial charge in [-0.15, -0.1) is 0 Å². The fourth-order valence-electron chi connectivity index (χ4n) is 1.58. The molecule has 0 aliphatic rings. The van der Waals surface area contributed by atoms with Crippen molar-refractivity contribution in [1.29, 1.82) is 0 Å². The average Bonchev–Trinajstić information content (AvgIpc) is 2.29. The highest BCUT2D eigenvalue weighted by atomic mass is 32.2. The zero-order valence-corrected chi connectivity index (χ0v) is 10.2. The third-order valence-corrected chi connectivity index (χ3v) is 4.17. The van der Waals surface area contributed by atoms with Crippen molar-refractivity contribution < 1.29 is 12.8 Å². The lowest BCUT2D eigenvalue weighted by molar-refractivity contribution is 0.594. The molecule has 0 aliphatic heterocycles. The first-order valence-electron chi connectivity index (χ1n) is 5.16. The summed E-state index contributed by atoms with van der Waals surface area (Å²) >= 11 is 0. The maximum absolute atomic E-state index is 12.9. The van der Waals surface area contributed by atoms with Gasteiger partial charge in [0.2, 0.25) is 0 Å². The van der Waals surface area contributed by atoms with E-state index in [1.54, 1.807) is 12.1 Å². The van der Waals surface area contributed by atoms with Gasteiger partial charge in [-0.05, 0) is 35.9 Å². The monoisotopic (exact) mass is 266 g/mol. The van der Waals surface area contributed by atoms with Crippen molar-refractivity contribution in [3.8, 4) is 0 Å². The van der Waals surface area contributed by atoms with E-state index >= 15 is 0 Å². The predicted octanol–water partition coefficient (Wildman–Crippen LogP) is 1.78. The zero-order chi connectivity index (χ0) is 13.2. The molecule has 0 radical (unpaired) electrons. The number of nitrogens with two attached hydrogens (primary N) is 1. The molecule has 0 amide bonds. The summed E-state index contributed by atoms with van der Waals surface area (Å²) in [4.78, 5) is 3.75. The lowest BCUT2D eigenvalue weighted by Crippen LogP contribution is -2.08. The number of hydrogen-bond donors (Lipinski definition) is 1. The molecule has 4 nitrogen and oxygen atoms in total. The van der Waals surface area contributed by atoms with Gasteiger partial charge in [-0.25, -0.2) is 12.8 Å². The van der Waals surface area contributed by atoms with E-state index in [0.717, 1.165) is 12.1 Å². The number of nitrogens with zero attached hydrogens (tertiary/aromatic N) is 1. The van der Waals surface area contributed by atoms with Gasteiger partial charge in [-0.1, -0.05) is 0 Å². The van der Waals surface area contributed by atoms with Crippen molar-refractivity contribution in [2.45, 2.75) is 10.6 Å². The molecule has 0 aliphatic carbocycles. The molecule has 0 bridgehead atoms. The van der Waals surface area contributed by atoms with Crippen LogP contribution in [0.2, 0.25) is 0 Å². The molecule has 94 valence electrons. The van der Waals surface area contributed by atoms with E-state index in [0.29, 0.717) is 5.56 Å². The van der Waals surface area contributed by atoms with Gasteiger partial charge >= 0.3 is 0 Å². The van der Waals surface area contributed by atoms with Crippen LogP contribution >= 0.6 is 0 Å². The van der Waals surface area contributed by atoms with Gasteiger partial charge in [-0.3, -0.25) is 4.98 Å². The van der Waals surface area contributed by atoms with Gasteiger partial charge in [0, 0.05) is 12.4 Å². The fraction of sp³-hybridized carbons (Fsp3) is 0.0833. The number of hydrogen-bond acceptors (Lipinski definition) is 4.